The van der Waals surface area contributed by atoms with Gasteiger partial charge in [-0.3, -0.25) is 14.5 Å². The molecule has 29 heavy (non-hydrogen) atoms. The number of nitrogens with one attached hydrogen (secondary N) is 1. The average Bonchev–Trinajstić information content (AvgIpc) is 2.97. The third-order valence-corrected chi connectivity index (χ3v) is 5.11. The smallest absolute Gasteiger partial charge is 0.325 e. The molecule has 0 spiro atoms. The van der Waals surface area contributed by atoms with Gasteiger partial charge in [-0.15, -0.1) is 0 Å². The van der Waals surface area contributed by atoms with Gasteiger partial charge >= 0.3 is 6.03 Å². The number of methoxy groups -OCH3 is 1. The lowest BCUT2D eigenvalue weighted by Crippen LogP contribution is -2.41. The molecule has 1 saturated heterocycles. The topological polar surface area (TPSA) is 94.2 Å². The van der Waals surface area contributed by atoms with Gasteiger partial charge in [-0.2, -0.15) is 0 Å². The van der Waals surface area contributed by atoms with Crippen LogP contribution in [-0.2, 0) is 10.3 Å². The van der Waals surface area contributed by atoms with Crippen molar-refractivity contribution in [1.29, 1.82) is 0 Å². The molecular weight excluding hydrogens is 376 g/mol. The van der Waals surface area contributed by atoms with Crippen molar-refractivity contribution in [2.45, 2.75) is 12.5 Å². The summed E-state index contributed by atoms with van der Waals surface area (Å²) in [5.41, 5.74) is -0.310. The fraction of sp³-hybridized carbons (Fsp3) is 0.286. The van der Waals surface area contributed by atoms with Crippen molar-refractivity contribution in [3.05, 3.63) is 53.6 Å². The van der Waals surface area contributed by atoms with Crippen molar-refractivity contribution in [3.8, 4) is 17.2 Å². The molecule has 2 heterocycles. The summed E-state index contributed by atoms with van der Waals surface area (Å²) in [6.45, 7) is 2.10. The van der Waals surface area contributed by atoms with Crippen LogP contribution >= 0.6 is 0 Å². The number of imide groups is 1. The number of urea groups is 1. The summed E-state index contributed by atoms with van der Waals surface area (Å²) in [5.74, 6) is 0.819. The minimum Gasteiger partial charge on any atom is -0.497 e. The first-order valence-corrected chi connectivity index (χ1v) is 9.14. The van der Waals surface area contributed by atoms with E-state index in [0.717, 1.165) is 4.90 Å². The Morgan fingerprint density at radius 3 is 2.48 bits per heavy atom. The van der Waals surface area contributed by atoms with Crippen LogP contribution in [0.1, 0.15) is 22.8 Å². The third-order valence-electron chi connectivity index (χ3n) is 5.11. The van der Waals surface area contributed by atoms with Gasteiger partial charge in [-0.25, -0.2) is 4.79 Å². The number of amides is 3. The summed E-state index contributed by atoms with van der Waals surface area (Å²) in [6.07, 6.45) is 0. The zero-order valence-corrected chi connectivity index (χ0v) is 16.1. The van der Waals surface area contributed by atoms with E-state index >= 15 is 0 Å². The largest absolute Gasteiger partial charge is 0.497 e. The Hall–Kier alpha value is -3.55. The lowest BCUT2D eigenvalue weighted by Gasteiger charge is -2.22. The normalized spacial score (nSPS) is 20.4. The molecule has 8 heteroatoms. The van der Waals surface area contributed by atoms with Gasteiger partial charge in [0.15, 0.2) is 17.3 Å². The number of hydrogen-bond donors (Lipinski definition) is 1. The maximum atomic E-state index is 13.0. The van der Waals surface area contributed by atoms with E-state index in [1.54, 1.807) is 56.5 Å². The quantitative estimate of drug-likeness (QED) is 0.615. The molecular formula is C21H20N2O6. The van der Waals surface area contributed by atoms with Crippen molar-refractivity contribution in [1.82, 2.24) is 10.2 Å². The average molecular weight is 396 g/mol. The summed E-state index contributed by atoms with van der Waals surface area (Å²) < 4.78 is 16.1. The van der Waals surface area contributed by atoms with E-state index in [0.29, 0.717) is 41.6 Å². The highest BCUT2D eigenvalue weighted by Gasteiger charge is 2.49. The Morgan fingerprint density at radius 2 is 1.79 bits per heavy atom. The van der Waals surface area contributed by atoms with E-state index in [9.17, 15) is 14.4 Å². The molecule has 0 saturated carbocycles. The van der Waals surface area contributed by atoms with Crippen molar-refractivity contribution < 1.29 is 28.6 Å². The second-order valence-electron chi connectivity index (χ2n) is 6.96. The summed E-state index contributed by atoms with van der Waals surface area (Å²) in [7, 11) is 1.55. The van der Waals surface area contributed by atoms with Gasteiger partial charge in [0, 0.05) is 5.56 Å². The Bertz CT molecular complexity index is 987. The molecule has 1 fully saturated rings. The first-order valence-electron chi connectivity index (χ1n) is 9.14. The Morgan fingerprint density at radius 1 is 1.10 bits per heavy atom. The molecule has 0 aliphatic carbocycles. The van der Waals surface area contributed by atoms with Gasteiger partial charge < -0.3 is 19.5 Å². The fourth-order valence-electron chi connectivity index (χ4n) is 3.41. The molecule has 0 radical (unpaired) electrons. The number of ketones is 1. The van der Waals surface area contributed by atoms with E-state index < -0.39 is 17.5 Å². The standard InChI is InChI=1S/C21H20N2O6/c1-21(14-4-6-15(27-2)7-5-14)19(25)23(20(26)22-21)12-16(24)13-3-8-17-18(11-13)29-10-9-28-17/h3-8,11H,9-10,12H2,1-2H3,(H,22,26). The summed E-state index contributed by atoms with van der Waals surface area (Å²) in [5, 5.41) is 2.69. The number of carbonyl (C=O) groups is 3. The lowest BCUT2D eigenvalue weighted by molar-refractivity contribution is -0.130. The molecule has 2 aromatic rings. The first-order chi connectivity index (χ1) is 13.9. The maximum absolute atomic E-state index is 13.0. The highest BCUT2D eigenvalue weighted by atomic mass is 16.6. The minimum absolute atomic E-state index is 0.341. The zero-order valence-electron chi connectivity index (χ0n) is 16.1. The number of nitrogens with zero attached hydrogens (tertiary/aromatic N) is 1. The third kappa shape index (κ3) is 3.26. The zero-order chi connectivity index (χ0) is 20.6. The Labute approximate surface area is 167 Å². The number of fused-ring (bicyclic) bond motifs is 1. The van der Waals surface area contributed by atoms with Crippen molar-refractivity contribution in [3.63, 3.8) is 0 Å². The number of rotatable bonds is 5. The molecule has 1 atom stereocenters. The molecule has 2 aromatic carbocycles. The molecule has 150 valence electrons. The van der Waals surface area contributed by atoms with Gasteiger partial charge in [0.25, 0.3) is 5.91 Å². The highest BCUT2D eigenvalue weighted by molar-refractivity contribution is 6.11. The van der Waals surface area contributed by atoms with Crippen LogP contribution in [0.4, 0.5) is 4.79 Å². The van der Waals surface area contributed by atoms with E-state index in [4.69, 9.17) is 14.2 Å². The van der Waals surface area contributed by atoms with Crippen LogP contribution in [0, 0.1) is 0 Å². The number of hydrogen-bond acceptors (Lipinski definition) is 6. The van der Waals surface area contributed by atoms with Crippen LogP contribution < -0.4 is 19.5 Å². The van der Waals surface area contributed by atoms with Crippen molar-refractivity contribution in [2.24, 2.45) is 0 Å². The minimum atomic E-state index is -1.25. The Kier molecular flexibility index (Phi) is 4.62. The summed E-state index contributed by atoms with van der Waals surface area (Å²) in [4.78, 5) is 39.1. The van der Waals surface area contributed by atoms with E-state index in [1.807, 2.05) is 0 Å². The van der Waals surface area contributed by atoms with Crippen LogP contribution in [-0.4, -0.2) is 49.5 Å². The fourth-order valence-corrected chi connectivity index (χ4v) is 3.41. The lowest BCUT2D eigenvalue weighted by atomic mass is 9.92. The van der Waals surface area contributed by atoms with Crippen LogP contribution in [0.2, 0.25) is 0 Å². The van der Waals surface area contributed by atoms with Crippen molar-refractivity contribution in [2.75, 3.05) is 26.9 Å². The molecule has 0 bridgehead atoms. The molecule has 2 aliphatic rings. The van der Waals surface area contributed by atoms with E-state index in [1.165, 1.54) is 0 Å². The van der Waals surface area contributed by atoms with Crippen LogP contribution in [0.5, 0.6) is 17.2 Å². The SMILES string of the molecule is COc1ccc(C2(C)NC(=O)N(CC(=O)c3ccc4c(c3)OCCO4)C2=O)cc1. The van der Waals surface area contributed by atoms with E-state index in [-0.39, 0.29) is 12.3 Å². The molecule has 8 nitrogen and oxygen atoms in total. The molecule has 1 N–H and O–H groups in total. The summed E-state index contributed by atoms with van der Waals surface area (Å²) in [6, 6.07) is 11.0. The van der Waals surface area contributed by atoms with Gasteiger partial charge in [-0.1, -0.05) is 12.1 Å². The van der Waals surface area contributed by atoms with Crippen molar-refractivity contribution >= 4 is 17.7 Å². The van der Waals surface area contributed by atoms with Crippen LogP contribution in [0.25, 0.3) is 0 Å². The number of carbonyl (C=O) groups excluding carboxylic acids is 3. The molecule has 0 aromatic heterocycles. The van der Waals surface area contributed by atoms with Crippen LogP contribution in [0.3, 0.4) is 0 Å². The van der Waals surface area contributed by atoms with Gasteiger partial charge in [0.2, 0.25) is 0 Å². The van der Waals surface area contributed by atoms with Gasteiger partial charge in [-0.05, 0) is 42.8 Å². The highest BCUT2D eigenvalue weighted by Crippen LogP contribution is 2.32. The second kappa shape index (κ2) is 7.12. The Balaban J connectivity index is 1.53. The predicted octanol–water partition coefficient (Wildman–Crippen LogP) is 2.12. The first kappa shape index (κ1) is 18.8. The van der Waals surface area contributed by atoms with Crippen LogP contribution in [0.15, 0.2) is 42.5 Å². The van der Waals surface area contributed by atoms with Gasteiger partial charge in [0.1, 0.15) is 24.5 Å². The van der Waals surface area contributed by atoms with E-state index in [2.05, 4.69) is 5.32 Å². The monoisotopic (exact) mass is 396 g/mol. The number of Topliss-reactive ketones (excluding diaryl/α,β-unsaturated/α-hetero) is 1. The number of ether oxygens (including phenoxy) is 3. The maximum Gasteiger partial charge on any atom is 0.325 e. The molecule has 4 rings (SSSR count). The number of benzene rings is 2. The second-order valence-corrected chi connectivity index (χ2v) is 6.96. The van der Waals surface area contributed by atoms with Gasteiger partial charge in [0.05, 0.1) is 13.7 Å². The summed E-state index contributed by atoms with van der Waals surface area (Å²) >= 11 is 0. The molecule has 3 amide bonds. The molecule has 2 aliphatic heterocycles. The predicted molar refractivity (Wildman–Crippen MR) is 102 cm³/mol. The molecule has 1 unspecified atom stereocenters.